The van der Waals surface area contributed by atoms with Crippen LogP contribution in [0.3, 0.4) is 0 Å². The first kappa shape index (κ1) is 16.1. The molecule has 1 heterocycles. The van der Waals surface area contributed by atoms with Crippen molar-refractivity contribution in [2.45, 2.75) is 45.1 Å². The molecule has 0 saturated heterocycles. The summed E-state index contributed by atoms with van der Waals surface area (Å²) >= 11 is 1.57. The summed E-state index contributed by atoms with van der Waals surface area (Å²) in [5, 5.41) is 3.66. The van der Waals surface area contributed by atoms with Crippen LogP contribution in [0.4, 0.5) is 5.13 Å². The molecule has 1 amide bonds. The number of hydrogen-bond donors (Lipinski definition) is 2. The van der Waals surface area contributed by atoms with Gasteiger partial charge in [0.25, 0.3) is 0 Å². The van der Waals surface area contributed by atoms with Gasteiger partial charge in [0, 0.05) is 22.9 Å². The van der Waals surface area contributed by atoms with Crippen LogP contribution < -0.4 is 11.1 Å². The number of nitrogens with one attached hydrogen (secondary N) is 1. The van der Waals surface area contributed by atoms with Gasteiger partial charge in [0.15, 0.2) is 5.13 Å². The van der Waals surface area contributed by atoms with Crippen molar-refractivity contribution in [2.75, 3.05) is 5.32 Å². The minimum Gasteiger partial charge on any atom is -0.327 e. The normalized spacial score (nSPS) is 20.6. The summed E-state index contributed by atoms with van der Waals surface area (Å²) in [4.78, 5) is 18.1. The van der Waals surface area contributed by atoms with E-state index in [1.165, 1.54) is 4.88 Å². The highest BCUT2D eigenvalue weighted by atomic mass is 32.1. The van der Waals surface area contributed by atoms with E-state index in [4.69, 9.17) is 5.73 Å². The molecular weight excluding hydrogens is 306 g/mol. The third kappa shape index (κ3) is 3.79. The first-order chi connectivity index (χ1) is 11.2. The summed E-state index contributed by atoms with van der Waals surface area (Å²) in [6.45, 7) is 2.11. The second-order valence-electron chi connectivity index (χ2n) is 6.12. The average Bonchev–Trinajstić information content (AvgIpc) is 3.15. The molecule has 0 spiro atoms. The number of anilines is 1. The van der Waals surface area contributed by atoms with Crippen molar-refractivity contribution in [2.24, 2.45) is 11.7 Å². The highest BCUT2D eigenvalue weighted by Gasteiger charge is 2.26. The van der Waals surface area contributed by atoms with Gasteiger partial charge in [0.2, 0.25) is 5.91 Å². The quantitative estimate of drug-likeness (QED) is 0.876. The zero-order valence-electron chi connectivity index (χ0n) is 13.4. The molecule has 2 aromatic rings. The van der Waals surface area contributed by atoms with Crippen LogP contribution >= 0.6 is 11.3 Å². The van der Waals surface area contributed by atoms with E-state index in [1.54, 1.807) is 11.3 Å². The van der Waals surface area contributed by atoms with Gasteiger partial charge in [-0.1, -0.05) is 43.7 Å². The lowest BCUT2D eigenvalue weighted by molar-refractivity contribution is -0.117. The Kier molecular flexibility index (Phi) is 5.08. The van der Waals surface area contributed by atoms with Crippen molar-refractivity contribution in [3.63, 3.8) is 0 Å². The Balaban J connectivity index is 1.71. The van der Waals surface area contributed by atoms with Gasteiger partial charge in [-0.3, -0.25) is 4.79 Å². The lowest BCUT2D eigenvalue weighted by Gasteiger charge is -2.13. The van der Waals surface area contributed by atoms with E-state index in [2.05, 4.69) is 29.4 Å². The molecule has 4 nitrogen and oxygen atoms in total. The summed E-state index contributed by atoms with van der Waals surface area (Å²) in [5.74, 6) is 0.345. The number of benzene rings is 1. The van der Waals surface area contributed by atoms with E-state index in [-0.39, 0.29) is 11.9 Å². The Morgan fingerprint density at radius 3 is 2.78 bits per heavy atom. The highest BCUT2D eigenvalue weighted by Crippen LogP contribution is 2.32. The Labute approximate surface area is 141 Å². The molecule has 23 heavy (non-hydrogen) atoms. The summed E-state index contributed by atoms with van der Waals surface area (Å²) in [6, 6.07) is 10.3. The van der Waals surface area contributed by atoms with Crippen LogP contribution in [0.2, 0.25) is 0 Å². The molecule has 0 radical (unpaired) electrons. The molecular formula is C18H23N3OS. The molecule has 2 atom stereocenters. The molecule has 1 saturated carbocycles. The third-order valence-electron chi connectivity index (χ3n) is 4.48. The van der Waals surface area contributed by atoms with E-state index in [0.717, 1.165) is 36.9 Å². The molecule has 0 unspecified atom stereocenters. The zero-order chi connectivity index (χ0) is 16.2. The maximum Gasteiger partial charge on any atom is 0.226 e. The predicted octanol–water partition coefficient (Wildman–Crippen LogP) is 3.83. The Morgan fingerprint density at radius 2 is 2.13 bits per heavy atom. The van der Waals surface area contributed by atoms with Crippen molar-refractivity contribution in [1.82, 2.24) is 4.98 Å². The molecule has 5 heteroatoms. The summed E-state index contributed by atoms with van der Waals surface area (Å²) in [5.41, 5.74) is 8.13. The van der Waals surface area contributed by atoms with Crippen LogP contribution in [-0.2, 0) is 11.2 Å². The number of amides is 1. The fraction of sp³-hybridized carbons (Fsp3) is 0.444. The molecule has 0 bridgehead atoms. The smallest absolute Gasteiger partial charge is 0.226 e. The van der Waals surface area contributed by atoms with Crippen LogP contribution in [0.1, 0.15) is 37.5 Å². The van der Waals surface area contributed by atoms with Gasteiger partial charge in [-0.25, -0.2) is 4.98 Å². The maximum absolute atomic E-state index is 12.3. The second-order valence-corrected chi connectivity index (χ2v) is 7.20. The van der Waals surface area contributed by atoms with Crippen LogP contribution in [0.25, 0.3) is 11.3 Å². The van der Waals surface area contributed by atoms with E-state index in [1.807, 2.05) is 18.2 Å². The number of nitrogens with zero attached hydrogens (tertiary/aromatic N) is 1. The first-order valence-electron chi connectivity index (χ1n) is 8.28. The molecule has 0 aliphatic heterocycles. The number of aromatic nitrogens is 1. The lowest BCUT2D eigenvalue weighted by Crippen LogP contribution is -2.28. The monoisotopic (exact) mass is 329 g/mol. The molecule has 3 N–H and O–H groups in total. The van der Waals surface area contributed by atoms with Crippen LogP contribution in [0.5, 0.6) is 0 Å². The Morgan fingerprint density at radius 1 is 1.35 bits per heavy atom. The second kappa shape index (κ2) is 7.23. The minimum absolute atomic E-state index is 0.0309. The lowest BCUT2D eigenvalue weighted by atomic mass is 10.00. The largest absolute Gasteiger partial charge is 0.327 e. The Bertz CT molecular complexity index is 668. The molecule has 1 fully saturated rings. The molecule has 1 aliphatic carbocycles. The zero-order valence-corrected chi connectivity index (χ0v) is 14.2. The minimum atomic E-state index is 0.0309. The van der Waals surface area contributed by atoms with Gasteiger partial charge in [-0.2, -0.15) is 0 Å². The number of hydrogen-bond acceptors (Lipinski definition) is 4. The molecule has 1 aromatic carbocycles. The number of rotatable bonds is 5. The summed E-state index contributed by atoms with van der Waals surface area (Å²) < 4.78 is 0. The summed E-state index contributed by atoms with van der Waals surface area (Å²) in [6.07, 6.45) is 4.64. The topological polar surface area (TPSA) is 68.0 Å². The molecule has 1 aliphatic rings. The third-order valence-corrected chi connectivity index (χ3v) is 5.59. The van der Waals surface area contributed by atoms with E-state index in [9.17, 15) is 4.79 Å². The van der Waals surface area contributed by atoms with Crippen molar-refractivity contribution < 1.29 is 4.79 Å². The van der Waals surface area contributed by atoms with Gasteiger partial charge in [-0.15, -0.1) is 11.3 Å². The number of thiazole rings is 1. The molecule has 3 rings (SSSR count). The number of aryl methyl sites for hydroxylation is 1. The number of carbonyl (C=O) groups excluding carboxylic acids is 1. The molecule has 122 valence electrons. The van der Waals surface area contributed by atoms with Crippen molar-refractivity contribution in [3.05, 3.63) is 35.2 Å². The van der Waals surface area contributed by atoms with E-state index in [0.29, 0.717) is 17.5 Å². The van der Waals surface area contributed by atoms with Crippen molar-refractivity contribution in [1.29, 1.82) is 0 Å². The van der Waals surface area contributed by atoms with Crippen molar-refractivity contribution >= 4 is 22.4 Å². The van der Waals surface area contributed by atoms with Gasteiger partial charge < -0.3 is 11.1 Å². The average molecular weight is 329 g/mol. The van der Waals surface area contributed by atoms with Gasteiger partial charge in [0.1, 0.15) is 0 Å². The first-order valence-corrected chi connectivity index (χ1v) is 9.09. The fourth-order valence-electron chi connectivity index (χ4n) is 3.19. The van der Waals surface area contributed by atoms with Gasteiger partial charge in [0.05, 0.1) is 5.69 Å². The predicted molar refractivity (Wildman–Crippen MR) is 95.5 cm³/mol. The van der Waals surface area contributed by atoms with Gasteiger partial charge in [-0.05, 0) is 25.2 Å². The van der Waals surface area contributed by atoms with Crippen LogP contribution in [-0.4, -0.2) is 16.9 Å². The number of carbonyl (C=O) groups is 1. The summed E-state index contributed by atoms with van der Waals surface area (Å²) in [7, 11) is 0. The standard InChI is InChI=1S/C18H23N3OS/c1-2-15-17(12-7-4-3-5-8-12)21-18(23-15)20-16(22)11-13-9-6-10-14(13)19/h3-5,7-8,13-14H,2,6,9-11,19H2,1H3,(H,20,21,22)/t13-,14+/m0/s1. The van der Waals surface area contributed by atoms with Gasteiger partial charge >= 0.3 is 0 Å². The van der Waals surface area contributed by atoms with Crippen molar-refractivity contribution in [3.8, 4) is 11.3 Å². The van der Waals surface area contributed by atoms with Crippen LogP contribution in [0, 0.1) is 5.92 Å². The van der Waals surface area contributed by atoms with E-state index < -0.39 is 0 Å². The SMILES string of the molecule is CCc1sc(NC(=O)C[C@@H]2CCC[C@H]2N)nc1-c1ccccc1. The fourth-order valence-corrected chi connectivity index (χ4v) is 4.13. The number of nitrogens with two attached hydrogens (primary N) is 1. The highest BCUT2D eigenvalue weighted by molar-refractivity contribution is 7.16. The van der Waals surface area contributed by atoms with Crippen LogP contribution in [0.15, 0.2) is 30.3 Å². The van der Waals surface area contributed by atoms with E-state index >= 15 is 0 Å². The Hall–Kier alpha value is -1.72. The molecule has 1 aromatic heterocycles. The maximum atomic E-state index is 12.3.